The second-order valence-corrected chi connectivity index (χ2v) is 6.46. The Balaban J connectivity index is 1.56. The van der Waals surface area contributed by atoms with Crippen LogP contribution in [0.2, 0.25) is 0 Å². The summed E-state index contributed by atoms with van der Waals surface area (Å²) in [5.74, 6) is -0.761. The van der Waals surface area contributed by atoms with Crippen molar-refractivity contribution in [1.29, 1.82) is 0 Å². The fraction of sp³-hybridized carbons (Fsp3) is 0.316. The zero-order chi connectivity index (χ0) is 19.4. The average molecular weight is 382 g/mol. The van der Waals surface area contributed by atoms with Crippen LogP contribution in [0.25, 0.3) is 0 Å². The largest absolute Gasteiger partial charge is 0.418 e. The molecule has 2 aromatic rings. The van der Waals surface area contributed by atoms with E-state index in [0.29, 0.717) is 31.9 Å². The summed E-state index contributed by atoms with van der Waals surface area (Å²) >= 11 is 0. The third-order valence-electron chi connectivity index (χ3n) is 4.58. The molecule has 2 N–H and O–H groups in total. The molecule has 2 aromatic carbocycles. The van der Waals surface area contributed by atoms with E-state index in [-0.39, 0.29) is 18.0 Å². The fourth-order valence-corrected chi connectivity index (χ4v) is 3.21. The van der Waals surface area contributed by atoms with Gasteiger partial charge in [0.25, 0.3) is 5.91 Å². The second kappa shape index (κ2) is 7.96. The Kier molecular flexibility index (Phi) is 5.65. The van der Waals surface area contributed by atoms with Crippen molar-refractivity contribution < 1.29 is 27.3 Å². The van der Waals surface area contributed by atoms with Gasteiger partial charge in [0.2, 0.25) is 0 Å². The number of rotatable bonds is 4. The summed E-state index contributed by atoms with van der Waals surface area (Å²) < 4.78 is 52.9. The van der Waals surface area contributed by atoms with Crippen molar-refractivity contribution >= 4 is 17.3 Å². The molecule has 0 spiro atoms. The van der Waals surface area contributed by atoms with E-state index in [0.717, 1.165) is 11.0 Å². The molecule has 0 aliphatic carbocycles. The molecule has 1 saturated heterocycles. The SMILES string of the molecule is O=C(C[NH+]1CCN(c2ccccc2F)CC1)Nc1ccccc1C(F)(F)F. The Morgan fingerprint density at radius 1 is 1.04 bits per heavy atom. The first-order chi connectivity index (χ1) is 12.8. The number of alkyl halides is 3. The molecular weight excluding hydrogens is 362 g/mol. The molecule has 1 aliphatic rings. The van der Waals surface area contributed by atoms with Gasteiger partial charge in [-0.05, 0) is 24.3 Å². The van der Waals surface area contributed by atoms with Crippen molar-refractivity contribution in [2.75, 3.05) is 42.9 Å². The number of amides is 1. The van der Waals surface area contributed by atoms with Crippen LogP contribution in [0.4, 0.5) is 28.9 Å². The predicted molar refractivity (Wildman–Crippen MR) is 94.3 cm³/mol. The van der Waals surface area contributed by atoms with Crippen molar-refractivity contribution in [2.45, 2.75) is 6.18 Å². The molecule has 27 heavy (non-hydrogen) atoms. The molecule has 8 heteroatoms. The Hall–Kier alpha value is -2.61. The van der Waals surface area contributed by atoms with Crippen LogP contribution in [-0.4, -0.2) is 38.6 Å². The van der Waals surface area contributed by atoms with Crippen LogP contribution in [0, 0.1) is 5.82 Å². The smallest absolute Gasteiger partial charge is 0.358 e. The molecule has 0 atom stereocenters. The highest BCUT2D eigenvalue weighted by atomic mass is 19.4. The predicted octanol–water partition coefficient (Wildman–Crippen LogP) is 2.19. The minimum Gasteiger partial charge on any atom is -0.358 e. The van der Waals surface area contributed by atoms with E-state index in [1.54, 1.807) is 18.2 Å². The minimum atomic E-state index is -4.53. The highest BCUT2D eigenvalue weighted by Crippen LogP contribution is 2.34. The highest BCUT2D eigenvalue weighted by molar-refractivity contribution is 5.92. The van der Waals surface area contributed by atoms with Gasteiger partial charge in [0.1, 0.15) is 5.82 Å². The number of hydrogen-bond donors (Lipinski definition) is 2. The van der Waals surface area contributed by atoms with Crippen LogP contribution in [0.3, 0.4) is 0 Å². The van der Waals surface area contributed by atoms with Crippen molar-refractivity contribution in [3.63, 3.8) is 0 Å². The Bertz CT molecular complexity index is 802. The van der Waals surface area contributed by atoms with E-state index in [2.05, 4.69) is 5.32 Å². The van der Waals surface area contributed by atoms with E-state index in [1.165, 1.54) is 24.3 Å². The van der Waals surface area contributed by atoms with Gasteiger partial charge in [-0.15, -0.1) is 0 Å². The third-order valence-corrected chi connectivity index (χ3v) is 4.58. The van der Waals surface area contributed by atoms with Gasteiger partial charge in [0.15, 0.2) is 6.54 Å². The molecule has 0 bridgehead atoms. The maximum Gasteiger partial charge on any atom is 0.418 e. The Labute approximate surface area is 154 Å². The maximum atomic E-state index is 13.9. The molecule has 0 radical (unpaired) electrons. The summed E-state index contributed by atoms with van der Waals surface area (Å²) in [6, 6.07) is 11.4. The number of piperazine rings is 1. The lowest BCUT2D eigenvalue weighted by Gasteiger charge is -2.33. The number of nitrogens with zero attached hydrogens (tertiary/aromatic N) is 1. The van der Waals surface area contributed by atoms with E-state index in [4.69, 9.17) is 0 Å². The summed E-state index contributed by atoms with van der Waals surface area (Å²) in [6.07, 6.45) is -4.53. The molecule has 3 rings (SSSR count). The summed E-state index contributed by atoms with van der Waals surface area (Å²) in [5.41, 5.74) is -0.572. The zero-order valence-electron chi connectivity index (χ0n) is 14.5. The van der Waals surface area contributed by atoms with Gasteiger partial charge in [0, 0.05) is 0 Å². The Morgan fingerprint density at radius 2 is 1.67 bits per heavy atom. The molecule has 1 fully saturated rings. The Morgan fingerprint density at radius 3 is 2.33 bits per heavy atom. The van der Waals surface area contributed by atoms with Gasteiger partial charge in [-0.3, -0.25) is 4.79 Å². The number of benzene rings is 2. The quantitative estimate of drug-likeness (QED) is 0.796. The molecule has 1 amide bonds. The molecule has 1 heterocycles. The summed E-state index contributed by atoms with van der Waals surface area (Å²) in [7, 11) is 0. The number of para-hydroxylation sites is 2. The first kappa shape index (κ1) is 19.2. The zero-order valence-corrected chi connectivity index (χ0v) is 14.5. The van der Waals surface area contributed by atoms with E-state index >= 15 is 0 Å². The van der Waals surface area contributed by atoms with Crippen LogP contribution in [0.5, 0.6) is 0 Å². The molecule has 0 saturated carbocycles. The van der Waals surface area contributed by atoms with Crippen molar-refractivity contribution in [3.05, 3.63) is 59.9 Å². The minimum absolute atomic E-state index is 0.0668. The topological polar surface area (TPSA) is 36.8 Å². The van der Waals surface area contributed by atoms with Crippen molar-refractivity contribution in [1.82, 2.24) is 0 Å². The van der Waals surface area contributed by atoms with Gasteiger partial charge in [-0.1, -0.05) is 24.3 Å². The number of quaternary nitrogens is 1. The molecule has 0 aromatic heterocycles. The van der Waals surface area contributed by atoms with Gasteiger partial charge in [0.05, 0.1) is 43.1 Å². The number of halogens is 4. The summed E-state index contributed by atoms with van der Waals surface area (Å²) in [5, 5.41) is 2.36. The first-order valence-electron chi connectivity index (χ1n) is 8.64. The standard InChI is InChI=1S/C19H19F4N3O/c20-15-6-2-4-8-17(15)26-11-9-25(10-12-26)13-18(27)24-16-7-3-1-5-14(16)19(21,22)23/h1-8H,9-13H2,(H,24,27)/p+1. The van der Waals surface area contributed by atoms with Crippen LogP contribution < -0.4 is 15.1 Å². The fourth-order valence-electron chi connectivity index (χ4n) is 3.21. The maximum absolute atomic E-state index is 13.9. The number of nitrogens with one attached hydrogen (secondary N) is 2. The number of carbonyl (C=O) groups is 1. The molecule has 0 unspecified atom stereocenters. The molecule has 144 valence electrons. The summed E-state index contributed by atoms with van der Waals surface area (Å²) in [6.45, 7) is 2.41. The van der Waals surface area contributed by atoms with Crippen LogP contribution >= 0.6 is 0 Å². The number of hydrogen-bond acceptors (Lipinski definition) is 2. The normalized spacial score (nSPS) is 15.6. The van der Waals surface area contributed by atoms with Crippen LogP contribution in [0.15, 0.2) is 48.5 Å². The van der Waals surface area contributed by atoms with Gasteiger partial charge in [-0.2, -0.15) is 13.2 Å². The number of carbonyl (C=O) groups excluding carboxylic acids is 1. The van der Waals surface area contributed by atoms with Crippen molar-refractivity contribution in [2.24, 2.45) is 0 Å². The summed E-state index contributed by atoms with van der Waals surface area (Å²) in [4.78, 5) is 15.1. The van der Waals surface area contributed by atoms with Gasteiger partial charge < -0.3 is 15.1 Å². The van der Waals surface area contributed by atoms with E-state index in [9.17, 15) is 22.4 Å². The number of anilines is 2. The van der Waals surface area contributed by atoms with Crippen LogP contribution in [-0.2, 0) is 11.0 Å². The lowest BCUT2D eigenvalue weighted by atomic mass is 10.1. The van der Waals surface area contributed by atoms with Gasteiger partial charge >= 0.3 is 6.18 Å². The molecular formula is C19H20F4N3O+. The first-order valence-corrected chi connectivity index (χ1v) is 8.64. The van der Waals surface area contributed by atoms with Gasteiger partial charge in [-0.25, -0.2) is 4.39 Å². The van der Waals surface area contributed by atoms with E-state index in [1.807, 2.05) is 4.90 Å². The van der Waals surface area contributed by atoms with Crippen LogP contribution in [0.1, 0.15) is 5.56 Å². The monoisotopic (exact) mass is 382 g/mol. The highest BCUT2D eigenvalue weighted by Gasteiger charge is 2.34. The lowest BCUT2D eigenvalue weighted by Crippen LogP contribution is -3.15. The second-order valence-electron chi connectivity index (χ2n) is 6.46. The van der Waals surface area contributed by atoms with Crippen molar-refractivity contribution in [3.8, 4) is 0 Å². The average Bonchev–Trinajstić information content (AvgIpc) is 2.62. The molecule has 4 nitrogen and oxygen atoms in total. The third kappa shape index (κ3) is 4.77. The van der Waals surface area contributed by atoms with E-state index < -0.39 is 17.6 Å². The lowest BCUT2D eigenvalue weighted by molar-refractivity contribution is -0.892. The molecule has 1 aliphatic heterocycles.